The van der Waals surface area contributed by atoms with Crippen molar-refractivity contribution in [1.82, 2.24) is 9.88 Å². The van der Waals surface area contributed by atoms with Crippen LogP contribution in [0.5, 0.6) is 0 Å². The Morgan fingerprint density at radius 3 is 2.62 bits per heavy atom. The van der Waals surface area contributed by atoms with Gasteiger partial charge in [-0.3, -0.25) is 10.1 Å². The Balaban J connectivity index is 1.83. The van der Waals surface area contributed by atoms with E-state index in [1.54, 1.807) is 6.92 Å². The summed E-state index contributed by atoms with van der Waals surface area (Å²) in [5.41, 5.74) is 0.291. The minimum absolute atomic E-state index is 0.148. The molecule has 0 aliphatic carbocycles. The summed E-state index contributed by atoms with van der Waals surface area (Å²) in [6.45, 7) is 8.70. The Morgan fingerprint density at radius 1 is 1.38 bits per heavy atom. The minimum Gasteiger partial charge on any atom is -0.444 e. The topological polar surface area (TPSA) is 71.5 Å². The van der Waals surface area contributed by atoms with Gasteiger partial charge in [0.05, 0.1) is 5.69 Å². The van der Waals surface area contributed by atoms with Gasteiger partial charge in [-0.05, 0) is 45.6 Å². The monoisotopic (exact) mass is 351 g/mol. The molecule has 7 heteroatoms. The second-order valence-corrected chi connectivity index (χ2v) is 7.77. The molecule has 0 radical (unpaired) electrons. The quantitative estimate of drug-likeness (QED) is 0.900. The summed E-state index contributed by atoms with van der Waals surface area (Å²) in [6.07, 6.45) is 5.57. The maximum Gasteiger partial charge on any atom is 0.413 e. The molecule has 0 bridgehead atoms. The maximum atomic E-state index is 11.7. The molecule has 0 spiro atoms. The first kappa shape index (κ1) is 18.4. The Hall–Kier alpha value is -1.89. The van der Waals surface area contributed by atoms with Crippen molar-refractivity contribution >= 4 is 34.5 Å². The van der Waals surface area contributed by atoms with Crippen molar-refractivity contribution < 1.29 is 14.3 Å². The number of anilines is 1. The van der Waals surface area contributed by atoms with Crippen molar-refractivity contribution in [3.05, 3.63) is 17.2 Å². The van der Waals surface area contributed by atoms with Crippen LogP contribution in [-0.4, -0.2) is 40.6 Å². The van der Waals surface area contributed by atoms with Gasteiger partial charge in [0.2, 0.25) is 5.91 Å². The van der Waals surface area contributed by atoms with E-state index in [4.69, 9.17) is 4.74 Å². The minimum atomic E-state index is -0.529. The first-order valence-electron chi connectivity index (χ1n) is 8.12. The number of carbonyl (C=O) groups is 2. The van der Waals surface area contributed by atoms with Crippen molar-refractivity contribution in [2.45, 2.75) is 46.1 Å². The van der Waals surface area contributed by atoms with Gasteiger partial charge < -0.3 is 9.64 Å². The number of carbonyl (C=O) groups excluding carboxylic acids is 2. The molecule has 0 unspecified atom stereocenters. The third-order valence-corrected chi connectivity index (χ3v) is 4.43. The van der Waals surface area contributed by atoms with Crippen molar-refractivity contribution in [2.24, 2.45) is 5.92 Å². The lowest BCUT2D eigenvalue weighted by Gasteiger charge is -2.29. The zero-order chi connectivity index (χ0) is 17.7. The van der Waals surface area contributed by atoms with Crippen LogP contribution in [0.3, 0.4) is 0 Å². The van der Waals surface area contributed by atoms with Gasteiger partial charge in [0.15, 0.2) is 5.13 Å². The van der Waals surface area contributed by atoms with E-state index in [1.807, 2.05) is 37.1 Å². The van der Waals surface area contributed by atoms with E-state index in [-0.39, 0.29) is 5.91 Å². The largest absolute Gasteiger partial charge is 0.444 e. The molecule has 2 heterocycles. The molecule has 2 amide bonds. The van der Waals surface area contributed by atoms with Gasteiger partial charge in [-0.1, -0.05) is 6.08 Å². The van der Waals surface area contributed by atoms with Gasteiger partial charge in [0.25, 0.3) is 0 Å². The zero-order valence-electron chi connectivity index (χ0n) is 14.7. The zero-order valence-corrected chi connectivity index (χ0v) is 15.5. The van der Waals surface area contributed by atoms with Crippen LogP contribution in [0.4, 0.5) is 9.93 Å². The van der Waals surface area contributed by atoms with E-state index >= 15 is 0 Å². The van der Waals surface area contributed by atoms with Gasteiger partial charge in [-0.2, -0.15) is 0 Å². The molecule has 6 nitrogen and oxygen atoms in total. The van der Waals surface area contributed by atoms with Gasteiger partial charge >= 0.3 is 6.09 Å². The van der Waals surface area contributed by atoms with E-state index in [0.717, 1.165) is 31.6 Å². The first-order chi connectivity index (χ1) is 11.2. The number of amides is 2. The van der Waals surface area contributed by atoms with Crippen molar-refractivity contribution in [3.8, 4) is 0 Å². The molecule has 1 aliphatic heterocycles. The average Bonchev–Trinajstić information content (AvgIpc) is 2.91. The maximum absolute atomic E-state index is 11.7. The highest BCUT2D eigenvalue weighted by molar-refractivity contribution is 7.14. The lowest BCUT2D eigenvalue weighted by molar-refractivity contribution is -0.129. The summed E-state index contributed by atoms with van der Waals surface area (Å²) in [6, 6.07) is 0. The number of nitrogens with zero attached hydrogens (tertiary/aromatic N) is 2. The van der Waals surface area contributed by atoms with Crippen LogP contribution >= 0.6 is 11.3 Å². The molecule has 1 fully saturated rings. The summed E-state index contributed by atoms with van der Waals surface area (Å²) in [5.74, 6) is 0.611. The number of hydrogen-bond donors (Lipinski definition) is 1. The van der Waals surface area contributed by atoms with E-state index in [0.29, 0.717) is 11.0 Å². The Kier molecular flexibility index (Phi) is 5.99. The number of nitrogens with one attached hydrogen (secondary N) is 1. The summed E-state index contributed by atoms with van der Waals surface area (Å²) < 4.78 is 5.20. The third-order valence-electron chi connectivity index (χ3n) is 3.65. The molecular formula is C17H25N3O3S. The van der Waals surface area contributed by atoms with E-state index in [1.165, 1.54) is 11.3 Å². The lowest BCUT2D eigenvalue weighted by atomic mass is 9.96. The van der Waals surface area contributed by atoms with Crippen molar-refractivity contribution in [1.29, 1.82) is 0 Å². The molecule has 0 aromatic carbocycles. The Morgan fingerprint density at radius 2 is 2.04 bits per heavy atom. The highest BCUT2D eigenvalue weighted by Gasteiger charge is 2.19. The molecular weight excluding hydrogens is 326 g/mol. The normalized spacial score (nSPS) is 16.4. The molecule has 1 aromatic rings. The number of hydrogen-bond acceptors (Lipinski definition) is 5. The van der Waals surface area contributed by atoms with Gasteiger partial charge in [-0.15, -0.1) is 11.3 Å². The Bertz CT molecular complexity index is 611. The summed E-state index contributed by atoms with van der Waals surface area (Å²) >= 11 is 1.37. The van der Waals surface area contributed by atoms with Crippen LogP contribution in [0.2, 0.25) is 0 Å². The predicted octanol–water partition coefficient (Wildman–Crippen LogP) is 3.76. The van der Waals surface area contributed by atoms with Gasteiger partial charge in [0, 0.05) is 25.4 Å². The molecule has 0 atom stereocenters. The summed E-state index contributed by atoms with van der Waals surface area (Å²) in [4.78, 5) is 29.3. The third kappa shape index (κ3) is 5.96. The lowest BCUT2D eigenvalue weighted by Crippen LogP contribution is -2.36. The van der Waals surface area contributed by atoms with Gasteiger partial charge in [0.1, 0.15) is 5.60 Å². The Labute approximate surface area is 146 Å². The molecule has 2 rings (SSSR count). The summed E-state index contributed by atoms with van der Waals surface area (Å²) in [7, 11) is 0. The SMILES string of the molecule is CC(=O)N1CCC(C=Cc2csc(NC(=O)OC(C)(C)C)n2)CC1. The van der Waals surface area contributed by atoms with Crippen LogP contribution in [0.1, 0.15) is 46.2 Å². The molecule has 1 saturated heterocycles. The second kappa shape index (κ2) is 7.79. The molecule has 1 N–H and O–H groups in total. The van der Waals surface area contributed by atoms with Crippen LogP contribution in [-0.2, 0) is 9.53 Å². The van der Waals surface area contributed by atoms with E-state index in [2.05, 4.69) is 16.4 Å². The van der Waals surface area contributed by atoms with Crippen LogP contribution in [0.25, 0.3) is 6.08 Å². The number of rotatable bonds is 3. The number of aromatic nitrogens is 1. The summed E-state index contributed by atoms with van der Waals surface area (Å²) in [5, 5.41) is 5.06. The second-order valence-electron chi connectivity index (χ2n) is 6.91. The fourth-order valence-electron chi connectivity index (χ4n) is 2.45. The average molecular weight is 351 g/mol. The highest BCUT2D eigenvalue weighted by Crippen LogP contribution is 2.22. The number of allylic oxidation sites excluding steroid dienone is 1. The number of likely N-dealkylation sites (tertiary alicyclic amines) is 1. The standard InChI is InChI=1S/C17H25N3O3S/c1-12(21)20-9-7-13(8-10-20)5-6-14-11-24-15(18-14)19-16(22)23-17(2,3)4/h5-6,11,13H,7-10H2,1-4H3,(H,18,19,22). The van der Waals surface area contributed by atoms with Crippen LogP contribution < -0.4 is 5.32 Å². The number of thiazole rings is 1. The first-order valence-corrected chi connectivity index (χ1v) is 9.00. The number of ether oxygens (including phenoxy) is 1. The highest BCUT2D eigenvalue weighted by atomic mass is 32.1. The van der Waals surface area contributed by atoms with Crippen molar-refractivity contribution in [3.63, 3.8) is 0 Å². The number of piperidine rings is 1. The fourth-order valence-corrected chi connectivity index (χ4v) is 3.12. The predicted molar refractivity (Wildman–Crippen MR) is 96.0 cm³/mol. The van der Waals surface area contributed by atoms with Crippen LogP contribution in [0, 0.1) is 5.92 Å². The smallest absolute Gasteiger partial charge is 0.413 e. The molecule has 1 aliphatic rings. The van der Waals surface area contributed by atoms with E-state index in [9.17, 15) is 9.59 Å². The van der Waals surface area contributed by atoms with Crippen LogP contribution in [0.15, 0.2) is 11.5 Å². The van der Waals surface area contributed by atoms with Crippen molar-refractivity contribution in [2.75, 3.05) is 18.4 Å². The molecule has 24 heavy (non-hydrogen) atoms. The fraction of sp³-hybridized carbons (Fsp3) is 0.588. The van der Waals surface area contributed by atoms with E-state index < -0.39 is 11.7 Å². The molecule has 132 valence electrons. The molecule has 1 aromatic heterocycles. The van der Waals surface area contributed by atoms with Gasteiger partial charge in [-0.25, -0.2) is 9.78 Å². The molecule has 0 saturated carbocycles.